The maximum absolute atomic E-state index is 12.6. The average Bonchev–Trinajstić information content (AvgIpc) is 2.81. The number of hydrogen-bond acceptors (Lipinski definition) is 4. The highest BCUT2D eigenvalue weighted by atomic mass is 16.1. The van der Waals surface area contributed by atoms with Crippen molar-refractivity contribution in [2.24, 2.45) is 0 Å². The van der Waals surface area contributed by atoms with Crippen molar-refractivity contribution in [2.45, 2.75) is 32.2 Å². The number of aryl methyl sites for hydroxylation is 1. The van der Waals surface area contributed by atoms with Gasteiger partial charge in [0.2, 0.25) is 0 Å². The highest BCUT2D eigenvalue weighted by molar-refractivity contribution is 5.78. The molecule has 0 unspecified atom stereocenters. The van der Waals surface area contributed by atoms with E-state index >= 15 is 0 Å². The van der Waals surface area contributed by atoms with Crippen molar-refractivity contribution in [3.63, 3.8) is 0 Å². The smallest absolute Gasteiger partial charge is 0.280 e. The van der Waals surface area contributed by atoms with Gasteiger partial charge in [-0.25, -0.2) is 9.97 Å². The molecule has 4 heterocycles. The highest BCUT2D eigenvalue weighted by Gasteiger charge is 2.15. The van der Waals surface area contributed by atoms with Gasteiger partial charge >= 0.3 is 0 Å². The highest BCUT2D eigenvalue weighted by Crippen LogP contribution is 2.20. The standard InChI is InChI=1S/C17H16N4O/c22-17-16-14(20-15-7-2-1-5-9-21(15)17)10-12(11-19-16)13-6-3-4-8-18-13/h3-4,6,8,10-11H,1-2,5,7,9H2. The third-order valence-corrected chi connectivity index (χ3v) is 4.12. The molecule has 0 atom stereocenters. The first kappa shape index (κ1) is 13.1. The van der Waals surface area contributed by atoms with Crippen LogP contribution in [-0.2, 0) is 13.0 Å². The van der Waals surface area contributed by atoms with Crippen LogP contribution in [0.4, 0.5) is 0 Å². The van der Waals surface area contributed by atoms with Crippen LogP contribution in [0.25, 0.3) is 22.3 Å². The van der Waals surface area contributed by atoms with Crippen LogP contribution in [0.3, 0.4) is 0 Å². The lowest BCUT2D eigenvalue weighted by Crippen LogP contribution is -2.25. The molecule has 0 spiro atoms. The van der Waals surface area contributed by atoms with Crippen LogP contribution in [0, 0.1) is 0 Å². The molecule has 5 nitrogen and oxygen atoms in total. The van der Waals surface area contributed by atoms with Crippen LogP contribution in [-0.4, -0.2) is 19.5 Å². The minimum atomic E-state index is -0.0190. The maximum atomic E-state index is 12.6. The zero-order valence-electron chi connectivity index (χ0n) is 12.2. The number of aromatic nitrogens is 4. The molecule has 0 fully saturated rings. The number of nitrogens with zero attached hydrogens (tertiary/aromatic N) is 4. The average molecular weight is 292 g/mol. The molecule has 110 valence electrons. The van der Waals surface area contributed by atoms with Gasteiger partial charge in [0, 0.05) is 30.9 Å². The molecule has 0 N–H and O–H groups in total. The Kier molecular flexibility index (Phi) is 3.18. The third-order valence-electron chi connectivity index (χ3n) is 4.12. The summed E-state index contributed by atoms with van der Waals surface area (Å²) in [6, 6.07) is 7.66. The van der Waals surface area contributed by atoms with Gasteiger partial charge in [0.05, 0.1) is 11.2 Å². The molecule has 3 aromatic rings. The Balaban J connectivity index is 1.92. The number of hydrogen-bond donors (Lipinski definition) is 0. The van der Waals surface area contributed by atoms with E-state index in [1.54, 1.807) is 17.0 Å². The van der Waals surface area contributed by atoms with Gasteiger partial charge in [-0.2, -0.15) is 0 Å². The van der Waals surface area contributed by atoms with Gasteiger partial charge in [0.1, 0.15) is 5.82 Å². The van der Waals surface area contributed by atoms with Crippen molar-refractivity contribution in [1.82, 2.24) is 19.5 Å². The Labute approximate surface area is 127 Å². The van der Waals surface area contributed by atoms with Crippen molar-refractivity contribution >= 4 is 11.0 Å². The lowest BCUT2D eigenvalue weighted by Gasteiger charge is -2.10. The number of fused-ring (bicyclic) bond motifs is 2. The Bertz CT molecular complexity index is 886. The lowest BCUT2D eigenvalue weighted by molar-refractivity contribution is 0.613. The number of rotatable bonds is 1. The van der Waals surface area contributed by atoms with Gasteiger partial charge in [0.25, 0.3) is 5.56 Å². The summed E-state index contributed by atoms with van der Waals surface area (Å²) in [6.07, 6.45) is 7.58. The molecule has 0 saturated heterocycles. The van der Waals surface area contributed by atoms with E-state index in [0.29, 0.717) is 11.0 Å². The minimum absolute atomic E-state index is 0.0190. The monoisotopic (exact) mass is 292 g/mol. The van der Waals surface area contributed by atoms with Gasteiger partial charge in [-0.3, -0.25) is 14.3 Å². The van der Waals surface area contributed by atoms with Crippen LogP contribution >= 0.6 is 0 Å². The first-order chi connectivity index (χ1) is 10.8. The molecule has 0 aromatic carbocycles. The first-order valence-corrected chi connectivity index (χ1v) is 7.64. The molecule has 1 aliphatic heterocycles. The molecule has 3 aromatic heterocycles. The van der Waals surface area contributed by atoms with E-state index in [-0.39, 0.29) is 5.56 Å². The quantitative estimate of drug-likeness (QED) is 0.691. The van der Waals surface area contributed by atoms with Crippen LogP contribution in [0.1, 0.15) is 25.1 Å². The maximum Gasteiger partial charge on any atom is 0.280 e. The summed E-state index contributed by atoms with van der Waals surface area (Å²) in [5, 5.41) is 0. The Morgan fingerprint density at radius 1 is 1.09 bits per heavy atom. The van der Waals surface area contributed by atoms with Crippen molar-refractivity contribution < 1.29 is 0 Å². The van der Waals surface area contributed by atoms with E-state index in [1.807, 2.05) is 24.3 Å². The van der Waals surface area contributed by atoms with E-state index in [4.69, 9.17) is 4.98 Å². The molecule has 0 saturated carbocycles. The molecule has 4 rings (SSSR count). The summed E-state index contributed by atoms with van der Waals surface area (Å²) < 4.78 is 1.79. The van der Waals surface area contributed by atoms with Gasteiger partial charge in [0.15, 0.2) is 5.52 Å². The van der Waals surface area contributed by atoms with Gasteiger partial charge in [-0.15, -0.1) is 0 Å². The second-order valence-corrected chi connectivity index (χ2v) is 5.60. The fourth-order valence-electron chi connectivity index (χ4n) is 2.97. The summed E-state index contributed by atoms with van der Waals surface area (Å²) in [7, 11) is 0. The second-order valence-electron chi connectivity index (χ2n) is 5.60. The normalized spacial score (nSPS) is 14.5. The minimum Gasteiger partial charge on any atom is -0.295 e. The van der Waals surface area contributed by atoms with Crippen LogP contribution in [0.15, 0.2) is 41.5 Å². The van der Waals surface area contributed by atoms with E-state index in [1.165, 1.54) is 0 Å². The number of pyridine rings is 2. The molecule has 0 bridgehead atoms. The van der Waals surface area contributed by atoms with Crippen LogP contribution in [0.5, 0.6) is 0 Å². The van der Waals surface area contributed by atoms with Crippen LogP contribution in [0.2, 0.25) is 0 Å². The van der Waals surface area contributed by atoms with Crippen molar-refractivity contribution in [3.8, 4) is 11.3 Å². The van der Waals surface area contributed by atoms with Crippen molar-refractivity contribution in [2.75, 3.05) is 0 Å². The first-order valence-electron chi connectivity index (χ1n) is 7.64. The summed E-state index contributed by atoms with van der Waals surface area (Å²) in [5.41, 5.74) is 2.83. The summed E-state index contributed by atoms with van der Waals surface area (Å²) in [5.74, 6) is 0.884. The van der Waals surface area contributed by atoms with E-state index < -0.39 is 0 Å². The Morgan fingerprint density at radius 3 is 2.91 bits per heavy atom. The zero-order chi connectivity index (χ0) is 14.9. The predicted octanol–water partition coefficient (Wildman–Crippen LogP) is 2.58. The Hall–Kier alpha value is -2.56. The van der Waals surface area contributed by atoms with Gasteiger partial charge in [-0.05, 0) is 31.0 Å². The molecule has 0 amide bonds. The second kappa shape index (κ2) is 5.33. The molecule has 1 aliphatic rings. The largest absolute Gasteiger partial charge is 0.295 e. The molecular formula is C17H16N4O. The molecule has 0 aliphatic carbocycles. The zero-order valence-corrected chi connectivity index (χ0v) is 12.2. The van der Waals surface area contributed by atoms with E-state index in [9.17, 15) is 4.79 Å². The molecule has 22 heavy (non-hydrogen) atoms. The van der Waals surface area contributed by atoms with E-state index in [2.05, 4.69) is 9.97 Å². The Morgan fingerprint density at radius 2 is 2.05 bits per heavy atom. The SMILES string of the molecule is O=c1c2ncc(-c3ccccn3)cc2nc2n1CCCCC2. The van der Waals surface area contributed by atoms with Crippen molar-refractivity contribution in [3.05, 3.63) is 52.8 Å². The van der Waals surface area contributed by atoms with Crippen LogP contribution < -0.4 is 5.56 Å². The van der Waals surface area contributed by atoms with Crippen molar-refractivity contribution in [1.29, 1.82) is 0 Å². The van der Waals surface area contributed by atoms with E-state index in [0.717, 1.165) is 49.3 Å². The van der Waals surface area contributed by atoms with Gasteiger partial charge in [-0.1, -0.05) is 12.5 Å². The lowest BCUT2D eigenvalue weighted by atomic mass is 10.1. The molecule has 5 heteroatoms. The third kappa shape index (κ3) is 2.19. The van der Waals surface area contributed by atoms with Gasteiger partial charge < -0.3 is 0 Å². The fraction of sp³-hybridized carbons (Fsp3) is 0.294. The summed E-state index contributed by atoms with van der Waals surface area (Å²) in [4.78, 5) is 26.0. The summed E-state index contributed by atoms with van der Waals surface area (Å²) in [6.45, 7) is 0.751. The molecular weight excluding hydrogens is 276 g/mol. The fourth-order valence-corrected chi connectivity index (χ4v) is 2.97. The predicted molar refractivity (Wildman–Crippen MR) is 84.6 cm³/mol. The summed E-state index contributed by atoms with van der Waals surface area (Å²) >= 11 is 0. The topological polar surface area (TPSA) is 60.7 Å². The molecule has 0 radical (unpaired) electrons.